The highest BCUT2D eigenvalue weighted by atomic mass is 16.5. The minimum Gasteiger partial charge on any atom is -0.490 e. The van der Waals surface area contributed by atoms with Crippen molar-refractivity contribution in [3.63, 3.8) is 0 Å². The molecule has 0 bridgehead atoms. The predicted octanol–water partition coefficient (Wildman–Crippen LogP) is 2.78. The molecule has 120 valence electrons. The molecule has 6 heteroatoms. The Hall–Kier alpha value is -1.56. The SMILES string of the molecule is CCCNc1ncnc(NCCOCCC(C)C)c1OC. The van der Waals surface area contributed by atoms with Crippen LogP contribution in [-0.2, 0) is 4.74 Å². The minimum atomic E-state index is 0.646. The molecule has 1 rings (SSSR count). The summed E-state index contributed by atoms with van der Waals surface area (Å²) >= 11 is 0. The Balaban J connectivity index is 2.43. The number of methoxy groups -OCH3 is 1. The van der Waals surface area contributed by atoms with Crippen molar-refractivity contribution in [3.8, 4) is 5.75 Å². The number of aromatic nitrogens is 2. The van der Waals surface area contributed by atoms with Crippen LogP contribution in [0.15, 0.2) is 6.33 Å². The van der Waals surface area contributed by atoms with Gasteiger partial charge in [-0.05, 0) is 18.8 Å². The molecule has 0 saturated carbocycles. The van der Waals surface area contributed by atoms with Crippen LogP contribution in [0.5, 0.6) is 5.75 Å². The monoisotopic (exact) mass is 296 g/mol. The van der Waals surface area contributed by atoms with Crippen LogP contribution in [0, 0.1) is 5.92 Å². The average Bonchev–Trinajstić information content (AvgIpc) is 2.48. The summed E-state index contributed by atoms with van der Waals surface area (Å²) in [6.45, 7) is 9.48. The molecule has 6 nitrogen and oxygen atoms in total. The van der Waals surface area contributed by atoms with E-state index in [1.54, 1.807) is 7.11 Å². The van der Waals surface area contributed by atoms with Crippen molar-refractivity contribution in [2.45, 2.75) is 33.6 Å². The average molecular weight is 296 g/mol. The Morgan fingerprint density at radius 2 is 1.76 bits per heavy atom. The fourth-order valence-corrected chi connectivity index (χ4v) is 1.73. The van der Waals surface area contributed by atoms with Crippen LogP contribution in [0.4, 0.5) is 11.6 Å². The third-order valence-electron chi connectivity index (χ3n) is 2.93. The maximum Gasteiger partial charge on any atom is 0.204 e. The first-order chi connectivity index (χ1) is 10.2. The first-order valence-electron chi connectivity index (χ1n) is 7.63. The van der Waals surface area contributed by atoms with E-state index < -0.39 is 0 Å². The van der Waals surface area contributed by atoms with Gasteiger partial charge in [-0.25, -0.2) is 9.97 Å². The summed E-state index contributed by atoms with van der Waals surface area (Å²) in [7, 11) is 1.63. The molecule has 0 fully saturated rings. The second-order valence-corrected chi connectivity index (χ2v) is 5.25. The number of ether oxygens (including phenoxy) is 2. The molecular formula is C15H28N4O2. The molecule has 0 aromatic carbocycles. The first-order valence-corrected chi connectivity index (χ1v) is 7.63. The maximum atomic E-state index is 5.57. The van der Waals surface area contributed by atoms with Crippen LogP contribution in [0.25, 0.3) is 0 Å². The summed E-state index contributed by atoms with van der Waals surface area (Å²) < 4.78 is 11.0. The third-order valence-corrected chi connectivity index (χ3v) is 2.93. The Bertz CT molecular complexity index is 399. The van der Waals surface area contributed by atoms with Crippen molar-refractivity contribution in [1.82, 2.24) is 9.97 Å². The van der Waals surface area contributed by atoms with Crippen LogP contribution in [0.3, 0.4) is 0 Å². The minimum absolute atomic E-state index is 0.646. The lowest BCUT2D eigenvalue weighted by Crippen LogP contribution is -2.13. The molecule has 0 aliphatic rings. The van der Waals surface area contributed by atoms with Gasteiger partial charge in [0.05, 0.1) is 13.7 Å². The van der Waals surface area contributed by atoms with Crippen molar-refractivity contribution in [3.05, 3.63) is 6.33 Å². The molecule has 1 heterocycles. The topological polar surface area (TPSA) is 68.3 Å². The van der Waals surface area contributed by atoms with Crippen molar-refractivity contribution in [2.75, 3.05) is 44.0 Å². The Morgan fingerprint density at radius 3 is 2.33 bits per heavy atom. The number of nitrogens with one attached hydrogen (secondary N) is 2. The molecule has 0 aliphatic carbocycles. The van der Waals surface area contributed by atoms with Gasteiger partial charge in [-0.2, -0.15) is 0 Å². The maximum absolute atomic E-state index is 5.57. The van der Waals surface area contributed by atoms with Crippen molar-refractivity contribution < 1.29 is 9.47 Å². The van der Waals surface area contributed by atoms with E-state index in [0.717, 1.165) is 31.8 Å². The third kappa shape index (κ3) is 6.62. The van der Waals surface area contributed by atoms with E-state index in [1.165, 1.54) is 6.33 Å². The van der Waals surface area contributed by atoms with E-state index in [2.05, 4.69) is 41.4 Å². The molecule has 0 spiro atoms. The molecule has 1 aromatic rings. The van der Waals surface area contributed by atoms with E-state index >= 15 is 0 Å². The molecule has 2 N–H and O–H groups in total. The highest BCUT2D eigenvalue weighted by Gasteiger charge is 2.11. The number of rotatable bonds is 11. The fraction of sp³-hybridized carbons (Fsp3) is 0.733. The summed E-state index contributed by atoms with van der Waals surface area (Å²) in [5.41, 5.74) is 0. The van der Waals surface area contributed by atoms with Gasteiger partial charge in [-0.3, -0.25) is 0 Å². The quantitative estimate of drug-likeness (QED) is 0.612. The summed E-state index contributed by atoms with van der Waals surface area (Å²) in [6, 6.07) is 0. The van der Waals surface area contributed by atoms with E-state index in [4.69, 9.17) is 9.47 Å². The zero-order chi connectivity index (χ0) is 15.5. The van der Waals surface area contributed by atoms with Gasteiger partial charge < -0.3 is 20.1 Å². The largest absolute Gasteiger partial charge is 0.490 e. The summed E-state index contributed by atoms with van der Waals surface area (Å²) in [6.07, 6.45) is 3.64. The van der Waals surface area contributed by atoms with Gasteiger partial charge in [-0.15, -0.1) is 0 Å². The number of hydrogen-bond acceptors (Lipinski definition) is 6. The normalized spacial score (nSPS) is 10.7. The lowest BCUT2D eigenvalue weighted by molar-refractivity contribution is 0.132. The summed E-state index contributed by atoms with van der Waals surface area (Å²) in [5, 5.41) is 6.46. The van der Waals surface area contributed by atoms with E-state index in [9.17, 15) is 0 Å². The predicted molar refractivity (Wildman–Crippen MR) is 86.1 cm³/mol. The molecular weight excluding hydrogens is 268 g/mol. The van der Waals surface area contributed by atoms with Gasteiger partial charge in [0.15, 0.2) is 11.6 Å². The zero-order valence-electron chi connectivity index (χ0n) is 13.6. The van der Waals surface area contributed by atoms with Gasteiger partial charge in [0.25, 0.3) is 0 Å². The van der Waals surface area contributed by atoms with E-state index in [-0.39, 0.29) is 0 Å². The molecule has 0 aliphatic heterocycles. The van der Waals surface area contributed by atoms with Crippen LogP contribution < -0.4 is 15.4 Å². The molecule has 1 aromatic heterocycles. The van der Waals surface area contributed by atoms with Crippen molar-refractivity contribution in [1.29, 1.82) is 0 Å². The number of nitrogens with zero attached hydrogens (tertiary/aromatic N) is 2. The lowest BCUT2D eigenvalue weighted by Gasteiger charge is -2.14. The highest BCUT2D eigenvalue weighted by molar-refractivity contribution is 5.63. The van der Waals surface area contributed by atoms with E-state index in [0.29, 0.717) is 30.6 Å². The lowest BCUT2D eigenvalue weighted by atomic mass is 10.1. The molecule has 0 radical (unpaired) electrons. The molecule has 0 atom stereocenters. The molecule has 0 unspecified atom stereocenters. The van der Waals surface area contributed by atoms with Gasteiger partial charge >= 0.3 is 0 Å². The number of anilines is 2. The highest BCUT2D eigenvalue weighted by Crippen LogP contribution is 2.28. The molecule has 0 saturated heterocycles. The number of hydrogen-bond donors (Lipinski definition) is 2. The van der Waals surface area contributed by atoms with Gasteiger partial charge in [0.1, 0.15) is 6.33 Å². The van der Waals surface area contributed by atoms with Gasteiger partial charge in [0, 0.05) is 19.7 Å². The fourth-order valence-electron chi connectivity index (χ4n) is 1.73. The van der Waals surface area contributed by atoms with Crippen LogP contribution in [-0.4, -0.2) is 43.4 Å². The van der Waals surface area contributed by atoms with Crippen molar-refractivity contribution in [2.24, 2.45) is 5.92 Å². The second-order valence-electron chi connectivity index (χ2n) is 5.25. The van der Waals surface area contributed by atoms with Gasteiger partial charge in [0.2, 0.25) is 5.75 Å². The standard InChI is InChI=1S/C15H28N4O2/c1-5-7-16-14-13(20-4)15(19-11-18-14)17-8-10-21-9-6-12(2)3/h11-12H,5-10H2,1-4H3,(H2,16,17,18,19). The van der Waals surface area contributed by atoms with E-state index in [1.807, 2.05) is 0 Å². The molecule has 0 amide bonds. The smallest absolute Gasteiger partial charge is 0.204 e. The summed E-state index contributed by atoms with van der Waals surface area (Å²) in [4.78, 5) is 8.43. The van der Waals surface area contributed by atoms with Crippen LogP contribution in [0.1, 0.15) is 33.6 Å². The van der Waals surface area contributed by atoms with Gasteiger partial charge in [-0.1, -0.05) is 20.8 Å². The second kappa shape index (κ2) is 10.2. The van der Waals surface area contributed by atoms with Crippen LogP contribution >= 0.6 is 0 Å². The summed E-state index contributed by atoms with van der Waals surface area (Å²) in [5.74, 6) is 2.73. The first kappa shape index (κ1) is 17.5. The Morgan fingerprint density at radius 1 is 1.10 bits per heavy atom. The Labute approximate surface area is 127 Å². The zero-order valence-corrected chi connectivity index (χ0v) is 13.6. The van der Waals surface area contributed by atoms with Crippen molar-refractivity contribution >= 4 is 11.6 Å². The Kier molecular flexibility index (Phi) is 8.50. The van der Waals surface area contributed by atoms with Crippen LogP contribution in [0.2, 0.25) is 0 Å². The molecule has 21 heavy (non-hydrogen) atoms.